The van der Waals surface area contributed by atoms with E-state index in [9.17, 15) is 13.2 Å². The van der Waals surface area contributed by atoms with Crippen molar-refractivity contribution in [1.82, 2.24) is 0 Å². The van der Waals surface area contributed by atoms with E-state index >= 15 is 0 Å². The maximum atomic E-state index is 12.9. The van der Waals surface area contributed by atoms with Gasteiger partial charge in [0.05, 0.1) is 10.6 Å². The number of fused-ring (bicyclic) bond motifs is 1. The highest BCUT2D eigenvalue weighted by atomic mass is 32.2. The number of aryl methyl sites for hydroxylation is 2. The number of sulfonamides is 1. The zero-order valence-corrected chi connectivity index (χ0v) is 17.9. The van der Waals surface area contributed by atoms with Crippen LogP contribution in [0.1, 0.15) is 34.0 Å². The van der Waals surface area contributed by atoms with Crippen LogP contribution < -0.4 is 9.62 Å². The molecule has 3 aromatic carbocycles. The molecule has 0 bridgehead atoms. The number of anilines is 2. The summed E-state index contributed by atoms with van der Waals surface area (Å²) in [5.74, 6) is -0.0700. The second-order valence-corrected chi connectivity index (χ2v) is 9.16. The van der Waals surface area contributed by atoms with E-state index in [4.69, 9.17) is 0 Å². The average Bonchev–Trinajstić information content (AvgIpc) is 3.17. The molecule has 0 unspecified atom stereocenters. The number of carbonyl (C=O) groups excluding carboxylic acids is 1. The van der Waals surface area contributed by atoms with Crippen LogP contribution in [0.25, 0.3) is 0 Å². The maximum Gasteiger partial charge on any atom is 0.261 e. The molecular formula is C24H24N2O3S. The largest absolute Gasteiger partial charge is 0.308 e. The lowest BCUT2D eigenvalue weighted by Crippen LogP contribution is -2.28. The fraction of sp³-hybridized carbons (Fsp3) is 0.208. The Kier molecular flexibility index (Phi) is 5.35. The van der Waals surface area contributed by atoms with E-state index in [1.807, 2.05) is 56.3 Å². The summed E-state index contributed by atoms with van der Waals surface area (Å²) in [6.07, 6.45) is 1.36. The number of para-hydroxylation sites is 1. The summed E-state index contributed by atoms with van der Waals surface area (Å²) < 4.78 is 28.6. The number of benzene rings is 3. The maximum absolute atomic E-state index is 12.9. The number of rotatable bonds is 5. The Morgan fingerprint density at radius 2 is 1.77 bits per heavy atom. The SMILES string of the molecule is CCc1ccccc1NS(=O)(=O)c1ccc2c(c1)CCN2C(=O)c1ccc(C)cc1. The summed E-state index contributed by atoms with van der Waals surface area (Å²) in [5.41, 5.74) is 4.90. The first-order valence-electron chi connectivity index (χ1n) is 10.0. The van der Waals surface area contributed by atoms with Crippen LogP contribution in [0.5, 0.6) is 0 Å². The molecule has 1 N–H and O–H groups in total. The fourth-order valence-corrected chi connectivity index (χ4v) is 4.89. The van der Waals surface area contributed by atoms with Gasteiger partial charge < -0.3 is 4.90 Å². The van der Waals surface area contributed by atoms with Gasteiger partial charge in [0, 0.05) is 17.8 Å². The van der Waals surface area contributed by atoms with E-state index < -0.39 is 10.0 Å². The van der Waals surface area contributed by atoms with E-state index in [1.165, 1.54) is 0 Å². The molecule has 6 heteroatoms. The topological polar surface area (TPSA) is 66.5 Å². The van der Waals surface area contributed by atoms with Gasteiger partial charge in [-0.05, 0) is 67.3 Å². The van der Waals surface area contributed by atoms with Gasteiger partial charge in [-0.3, -0.25) is 9.52 Å². The Balaban J connectivity index is 1.60. The summed E-state index contributed by atoms with van der Waals surface area (Å²) >= 11 is 0. The second-order valence-electron chi connectivity index (χ2n) is 7.48. The van der Waals surface area contributed by atoms with E-state index in [-0.39, 0.29) is 10.8 Å². The first-order chi connectivity index (χ1) is 14.4. The van der Waals surface area contributed by atoms with Gasteiger partial charge in [0.15, 0.2) is 0 Å². The zero-order chi connectivity index (χ0) is 21.3. The number of nitrogens with one attached hydrogen (secondary N) is 1. The third-order valence-electron chi connectivity index (χ3n) is 5.44. The Morgan fingerprint density at radius 3 is 2.50 bits per heavy atom. The molecule has 154 valence electrons. The number of carbonyl (C=O) groups is 1. The van der Waals surface area contributed by atoms with Crippen LogP contribution >= 0.6 is 0 Å². The van der Waals surface area contributed by atoms with Crippen molar-refractivity contribution in [2.45, 2.75) is 31.6 Å². The average molecular weight is 421 g/mol. The third-order valence-corrected chi connectivity index (χ3v) is 6.81. The second kappa shape index (κ2) is 7.95. The first kappa shape index (κ1) is 20.2. The molecule has 0 spiro atoms. The van der Waals surface area contributed by atoms with Gasteiger partial charge in [-0.2, -0.15) is 0 Å². The zero-order valence-electron chi connectivity index (χ0n) is 17.1. The molecule has 0 aliphatic carbocycles. The lowest BCUT2D eigenvalue weighted by atomic mass is 10.1. The molecule has 1 amide bonds. The standard InChI is InChI=1S/C24H24N2O3S/c1-3-18-6-4-5-7-22(18)25-30(28,29)21-12-13-23-20(16-21)14-15-26(23)24(27)19-10-8-17(2)9-11-19/h4-13,16,25H,3,14-15H2,1-2H3. The van der Waals surface area contributed by atoms with Crippen LogP contribution in [0.4, 0.5) is 11.4 Å². The van der Waals surface area contributed by atoms with Crippen LogP contribution in [0.3, 0.4) is 0 Å². The van der Waals surface area contributed by atoms with Crippen molar-refractivity contribution in [3.8, 4) is 0 Å². The smallest absolute Gasteiger partial charge is 0.261 e. The predicted molar refractivity (Wildman–Crippen MR) is 120 cm³/mol. The number of amides is 1. The quantitative estimate of drug-likeness (QED) is 0.658. The van der Waals surface area contributed by atoms with Crippen LogP contribution in [0.15, 0.2) is 71.6 Å². The first-order valence-corrected chi connectivity index (χ1v) is 11.5. The Bertz CT molecular complexity index is 1200. The van der Waals surface area contributed by atoms with E-state index in [0.29, 0.717) is 24.2 Å². The molecule has 0 radical (unpaired) electrons. The van der Waals surface area contributed by atoms with Gasteiger partial charge in [0.2, 0.25) is 0 Å². The molecule has 3 aromatic rings. The summed E-state index contributed by atoms with van der Waals surface area (Å²) in [6.45, 7) is 4.51. The molecule has 1 aliphatic rings. The molecule has 0 saturated carbocycles. The van der Waals surface area contributed by atoms with Crippen molar-refractivity contribution >= 4 is 27.3 Å². The molecule has 0 aromatic heterocycles. The van der Waals surface area contributed by atoms with Gasteiger partial charge >= 0.3 is 0 Å². The summed E-state index contributed by atoms with van der Waals surface area (Å²) in [5, 5.41) is 0. The van der Waals surface area contributed by atoms with Crippen molar-refractivity contribution in [2.24, 2.45) is 0 Å². The van der Waals surface area contributed by atoms with Gasteiger partial charge in [-0.15, -0.1) is 0 Å². The van der Waals surface area contributed by atoms with Crippen molar-refractivity contribution in [3.05, 3.63) is 89.0 Å². The molecule has 0 saturated heterocycles. The Morgan fingerprint density at radius 1 is 1.03 bits per heavy atom. The molecule has 1 aliphatic heterocycles. The molecule has 5 nitrogen and oxygen atoms in total. The molecule has 0 fully saturated rings. The number of hydrogen-bond acceptors (Lipinski definition) is 3. The van der Waals surface area contributed by atoms with Gasteiger partial charge in [-0.25, -0.2) is 8.42 Å². The summed E-state index contributed by atoms with van der Waals surface area (Å²) in [7, 11) is -3.72. The Hall–Kier alpha value is -3.12. The Labute approximate surface area is 177 Å². The third kappa shape index (κ3) is 3.83. The molecule has 1 heterocycles. The van der Waals surface area contributed by atoms with Crippen LogP contribution in [0, 0.1) is 6.92 Å². The van der Waals surface area contributed by atoms with Crippen LogP contribution in [-0.2, 0) is 22.9 Å². The van der Waals surface area contributed by atoms with Crippen LogP contribution in [-0.4, -0.2) is 20.9 Å². The van der Waals surface area contributed by atoms with E-state index in [0.717, 1.165) is 28.8 Å². The molecular weight excluding hydrogens is 396 g/mol. The van der Waals surface area contributed by atoms with Crippen molar-refractivity contribution in [1.29, 1.82) is 0 Å². The minimum absolute atomic E-state index is 0.0700. The normalized spacial score (nSPS) is 13.2. The van der Waals surface area contributed by atoms with Gasteiger partial charge in [0.1, 0.15) is 0 Å². The monoisotopic (exact) mass is 420 g/mol. The van der Waals surface area contributed by atoms with Crippen molar-refractivity contribution in [3.63, 3.8) is 0 Å². The van der Waals surface area contributed by atoms with Crippen LogP contribution in [0.2, 0.25) is 0 Å². The molecule has 4 rings (SSSR count). The minimum Gasteiger partial charge on any atom is -0.308 e. The highest BCUT2D eigenvalue weighted by Gasteiger charge is 2.27. The number of hydrogen-bond donors (Lipinski definition) is 1. The predicted octanol–water partition coefficient (Wildman–Crippen LogP) is 4.56. The van der Waals surface area contributed by atoms with E-state index in [2.05, 4.69) is 4.72 Å². The highest BCUT2D eigenvalue weighted by molar-refractivity contribution is 7.92. The minimum atomic E-state index is -3.72. The molecule has 0 atom stereocenters. The number of nitrogens with zero attached hydrogens (tertiary/aromatic N) is 1. The van der Waals surface area contributed by atoms with Gasteiger partial charge in [0.25, 0.3) is 15.9 Å². The molecule has 30 heavy (non-hydrogen) atoms. The lowest BCUT2D eigenvalue weighted by molar-refractivity contribution is 0.0989. The highest BCUT2D eigenvalue weighted by Crippen LogP contribution is 2.32. The fourth-order valence-electron chi connectivity index (χ4n) is 3.74. The summed E-state index contributed by atoms with van der Waals surface area (Å²) in [4.78, 5) is 14.8. The summed E-state index contributed by atoms with van der Waals surface area (Å²) in [6, 6.07) is 19.8. The van der Waals surface area contributed by atoms with E-state index in [1.54, 1.807) is 29.2 Å². The lowest BCUT2D eigenvalue weighted by Gasteiger charge is -2.18. The van der Waals surface area contributed by atoms with Gasteiger partial charge in [-0.1, -0.05) is 42.8 Å². The van der Waals surface area contributed by atoms with Crippen molar-refractivity contribution in [2.75, 3.05) is 16.2 Å². The van der Waals surface area contributed by atoms with Crippen molar-refractivity contribution < 1.29 is 13.2 Å².